The molecule has 0 spiro atoms. The van der Waals surface area contributed by atoms with Gasteiger partial charge < -0.3 is 5.32 Å². The van der Waals surface area contributed by atoms with Gasteiger partial charge in [-0.2, -0.15) is 0 Å². The van der Waals surface area contributed by atoms with Crippen LogP contribution in [-0.4, -0.2) is 10.9 Å². The van der Waals surface area contributed by atoms with Gasteiger partial charge in [0.2, 0.25) is 6.41 Å². The molecule has 0 radical (unpaired) electrons. The molecule has 0 fully saturated rings. The van der Waals surface area contributed by atoms with Crippen molar-refractivity contribution in [2.24, 2.45) is 0 Å². The van der Waals surface area contributed by atoms with Crippen LogP contribution in [-0.2, 0) is 4.79 Å². The van der Waals surface area contributed by atoms with Crippen LogP contribution in [0.15, 0.2) is 0 Å². The average Bonchev–Trinajstić information content (AvgIpc) is 1.64. The highest BCUT2D eigenvalue weighted by molar-refractivity contribution is 6.48. The Hall–Kier alpha value is 0.0500. The summed E-state index contributed by atoms with van der Waals surface area (Å²) in [7, 11) is 0. The van der Waals surface area contributed by atoms with Crippen molar-refractivity contribution in [2.45, 2.75) is 24.2 Å². The standard InChI is InChI=1S/C5H9Cl2NO/c1-2-3-5(6,7)8-4-9/h4H,2-3H2,1H3,(H,8,9). The summed E-state index contributed by atoms with van der Waals surface area (Å²) in [5.41, 5.74) is 0. The maximum absolute atomic E-state index is 9.82. The number of carbonyl (C=O) groups excluding carboxylic acids is 1. The second kappa shape index (κ2) is 3.96. The average molecular weight is 170 g/mol. The smallest absolute Gasteiger partial charge is 0.209 e. The lowest BCUT2D eigenvalue weighted by molar-refractivity contribution is -0.110. The molecule has 0 aromatic rings. The fraction of sp³-hybridized carbons (Fsp3) is 0.800. The van der Waals surface area contributed by atoms with E-state index in [0.29, 0.717) is 12.8 Å². The first-order valence-corrected chi connectivity index (χ1v) is 3.47. The zero-order valence-corrected chi connectivity index (χ0v) is 6.67. The molecule has 1 amide bonds. The third-order valence-corrected chi connectivity index (χ3v) is 1.43. The molecule has 0 saturated heterocycles. The summed E-state index contributed by atoms with van der Waals surface area (Å²) in [6.07, 6.45) is 1.90. The lowest BCUT2D eigenvalue weighted by atomic mass is 10.3. The zero-order valence-electron chi connectivity index (χ0n) is 5.16. The Bertz CT molecular complexity index is 95.0. The van der Waals surface area contributed by atoms with Crippen LogP contribution in [0, 0.1) is 0 Å². The number of halogens is 2. The minimum absolute atomic E-state index is 0.496. The van der Waals surface area contributed by atoms with E-state index in [-0.39, 0.29) is 0 Å². The number of hydrogen-bond acceptors (Lipinski definition) is 1. The molecule has 0 unspecified atom stereocenters. The molecule has 0 aromatic heterocycles. The number of rotatable bonds is 4. The van der Waals surface area contributed by atoms with E-state index in [2.05, 4.69) is 5.32 Å². The van der Waals surface area contributed by atoms with E-state index in [1.807, 2.05) is 6.92 Å². The van der Waals surface area contributed by atoms with Gasteiger partial charge >= 0.3 is 0 Å². The van der Waals surface area contributed by atoms with Gasteiger partial charge in [0.05, 0.1) is 0 Å². The fourth-order valence-electron chi connectivity index (χ4n) is 0.472. The molecule has 2 nitrogen and oxygen atoms in total. The third kappa shape index (κ3) is 4.55. The van der Waals surface area contributed by atoms with E-state index in [1.165, 1.54) is 0 Å². The SMILES string of the molecule is CCCC(Cl)(Cl)NC=O. The highest BCUT2D eigenvalue weighted by Crippen LogP contribution is 2.21. The van der Waals surface area contributed by atoms with E-state index in [4.69, 9.17) is 23.2 Å². The fourth-order valence-corrected chi connectivity index (χ4v) is 0.939. The lowest BCUT2D eigenvalue weighted by Gasteiger charge is -2.16. The van der Waals surface area contributed by atoms with Gasteiger partial charge in [-0.1, -0.05) is 36.5 Å². The molecule has 0 saturated carbocycles. The minimum atomic E-state index is -1.07. The molecule has 0 aliphatic carbocycles. The second-order valence-electron chi connectivity index (χ2n) is 1.72. The van der Waals surface area contributed by atoms with Crippen LogP contribution >= 0.6 is 23.2 Å². The summed E-state index contributed by atoms with van der Waals surface area (Å²) in [4.78, 5) is 9.82. The Morgan fingerprint density at radius 1 is 1.67 bits per heavy atom. The maximum Gasteiger partial charge on any atom is 0.209 e. The first-order valence-electron chi connectivity index (χ1n) is 2.71. The first kappa shape index (κ1) is 9.05. The van der Waals surface area contributed by atoms with E-state index in [1.54, 1.807) is 0 Å². The molecule has 0 aliphatic heterocycles. The van der Waals surface area contributed by atoms with Gasteiger partial charge in [-0.25, -0.2) is 0 Å². The second-order valence-corrected chi connectivity index (χ2v) is 3.20. The zero-order chi connectivity index (χ0) is 7.33. The van der Waals surface area contributed by atoms with Crippen LogP contribution in [0.2, 0.25) is 0 Å². The quantitative estimate of drug-likeness (QED) is 0.388. The normalized spacial score (nSPS) is 11.0. The minimum Gasteiger partial charge on any atom is -0.328 e. The molecular weight excluding hydrogens is 161 g/mol. The number of carbonyl (C=O) groups is 1. The lowest BCUT2D eigenvalue weighted by Crippen LogP contribution is -2.32. The topological polar surface area (TPSA) is 29.1 Å². The molecule has 0 aromatic carbocycles. The molecule has 54 valence electrons. The predicted octanol–water partition coefficient (Wildman–Crippen LogP) is 1.66. The largest absolute Gasteiger partial charge is 0.328 e. The van der Waals surface area contributed by atoms with Crippen LogP contribution in [0.5, 0.6) is 0 Å². The van der Waals surface area contributed by atoms with Crippen LogP contribution < -0.4 is 5.32 Å². The Morgan fingerprint density at radius 2 is 2.22 bits per heavy atom. The Morgan fingerprint density at radius 3 is 2.56 bits per heavy atom. The molecule has 0 atom stereocenters. The summed E-state index contributed by atoms with van der Waals surface area (Å²) in [5.74, 6) is 0. The molecule has 0 heterocycles. The molecule has 0 bridgehead atoms. The van der Waals surface area contributed by atoms with Crippen molar-refractivity contribution >= 4 is 29.6 Å². The van der Waals surface area contributed by atoms with Crippen molar-refractivity contribution in [3.8, 4) is 0 Å². The van der Waals surface area contributed by atoms with Crippen molar-refractivity contribution < 1.29 is 4.79 Å². The van der Waals surface area contributed by atoms with Gasteiger partial charge in [0, 0.05) is 0 Å². The summed E-state index contributed by atoms with van der Waals surface area (Å²) in [6, 6.07) is 0. The number of alkyl halides is 2. The highest BCUT2D eigenvalue weighted by atomic mass is 35.5. The molecule has 1 N–H and O–H groups in total. The van der Waals surface area contributed by atoms with Crippen LogP contribution in [0.3, 0.4) is 0 Å². The van der Waals surface area contributed by atoms with Crippen molar-refractivity contribution in [1.82, 2.24) is 5.32 Å². The van der Waals surface area contributed by atoms with Crippen molar-refractivity contribution in [1.29, 1.82) is 0 Å². The van der Waals surface area contributed by atoms with E-state index in [0.717, 1.165) is 6.42 Å². The van der Waals surface area contributed by atoms with Gasteiger partial charge in [0.15, 0.2) is 4.46 Å². The molecular formula is C5H9Cl2NO. The van der Waals surface area contributed by atoms with Crippen LogP contribution in [0.25, 0.3) is 0 Å². The molecule has 0 rings (SSSR count). The number of nitrogens with one attached hydrogen (secondary N) is 1. The highest BCUT2D eigenvalue weighted by Gasteiger charge is 2.20. The molecule has 0 aliphatic rings. The van der Waals surface area contributed by atoms with Crippen molar-refractivity contribution in [3.63, 3.8) is 0 Å². The van der Waals surface area contributed by atoms with Gasteiger partial charge in [0.1, 0.15) is 0 Å². The van der Waals surface area contributed by atoms with E-state index < -0.39 is 4.46 Å². The number of hydrogen-bond donors (Lipinski definition) is 1. The first-order chi connectivity index (χ1) is 4.12. The van der Waals surface area contributed by atoms with Gasteiger partial charge in [-0.05, 0) is 6.42 Å². The van der Waals surface area contributed by atoms with Crippen LogP contribution in [0.1, 0.15) is 19.8 Å². The monoisotopic (exact) mass is 169 g/mol. The van der Waals surface area contributed by atoms with Gasteiger partial charge in [0.25, 0.3) is 0 Å². The van der Waals surface area contributed by atoms with E-state index in [9.17, 15) is 4.79 Å². The number of amides is 1. The third-order valence-electron chi connectivity index (χ3n) is 0.834. The Balaban J connectivity index is 3.55. The maximum atomic E-state index is 9.82. The molecule has 9 heavy (non-hydrogen) atoms. The van der Waals surface area contributed by atoms with Gasteiger partial charge in [-0.3, -0.25) is 4.79 Å². The van der Waals surface area contributed by atoms with Gasteiger partial charge in [-0.15, -0.1) is 0 Å². The van der Waals surface area contributed by atoms with Crippen molar-refractivity contribution in [3.05, 3.63) is 0 Å². The van der Waals surface area contributed by atoms with E-state index >= 15 is 0 Å². The summed E-state index contributed by atoms with van der Waals surface area (Å²) in [5, 5.41) is 2.27. The predicted molar refractivity (Wildman–Crippen MR) is 38.5 cm³/mol. The Kier molecular flexibility index (Phi) is 3.98. The van der Waals surface area contributed by atoms with Crippen LogP contribution in [0.4, 0.5) is 0 Å². The molecule has 4 heteroatoms. The summed E-state index contributed by atoms with van der Waals surface area (Å²) >= 11 is 11.1. The van der Waals surface area contributed by atoms with Crippen molar-refractivity contribution in [2.75, 3.05) is 0 Å². The summed E-state index contributed by atoms with van der Waals surface area (Å²) < 4.78 is -1.07. The summed E-state index contributed by atoms with van der Waals surface area (Å²) in [6.45, 7) is 1.94. The Labute approximate surface area is 64.5 Å².